The topological polar surface area (TPSA) is 125 Å². The monoisotopic (exact) mass is 430 g/mol. The molecule has 29 heavy (non-hydrogen) atoms. The predicted octanol–water partition coefficient (Wildman–Crippen LogP) is 1.20. The molecule has 0 aliphatic carbocycles. The molecule has 4 atom stereocenters. The number of aliphatic carboxylic acids is 1. The molecule has 2 saturated heterocycles. The van der Waals surface area contributed by atoms with Gasteiger partial charge in [-0.15, -0.1) is 11.3 Å². The Morgan fingerprint density at radius 3 is 2.62 bits per heavy atom. The highest BCUT2D eigenvalue weighted by molar-refractivity contribution is 8.14. The molecular weight excluding hydrogens is 412 g/mol. The van der Waals surface area contributed by atoms with E-state index in [0.29, 0.717) is 10.7 Å². The predicted molar refractivity (Wildman–Crippen MR) is 111 cm³/mol. The highest BCUT2D eigenvalue weighted by Gasteiger charge is 2.59. The zero-order valence-corrected chi connectivity index (χ0v) is 16.7. The van der Waals surface area contributed by atoms with Crippen LogP contribution in [-0.4, -0.2) is 56.3 Å². The molecule has 0 bridgehead atoms. The molecule has 1 aromatic carbocycles. The summed E-state index contributed by atoms with van der Waals surface area (Å²) in [6.45, 7) is 0. The Bertz CT molecular complexity index is 964. The standard InChI is InChI=1S/C19H18N4O4S2/c20-13-15(19(26)27)23-17(25)14(22-12(24)9-11-7-4-8-28-11)18(23)29-16(13)21-10-5-2-1-3-6-10/h1-8,13-15,18H,9,20H2,(H,22,24)(H,26,27)/t13?,14-,15?,18+/m1/s1. The number of carboxylic acid groups (broad SMARTS) is 1. The van der Waals surface area contributed by atoms with Crippen molar-refractivity contribution in [2.24, 2.45) is 10.7 Å². The van der Waals surface area contributed by atoms with Crippen molar-refractivity contribution in [1.29, 1.82) is 0 Å². The molecule has 3 heterocycles. The quantitative estimate of drug-likeness (QED) is 0.612. The molecule has 10 heteroatoms. The first-order valence-electron chi connectivity index (χ1n) is 8.88. The van der Waals surface area contributed by atoms with Gasteiger partial charge in [0.25, 0.3) is 0 Å². The van der Waals surface area contributed by atoms with Crippen molar-refractivity contribution in [2.45, 2.75) is 29.9 Å². The Kier molecular flexibility index (Phi) is 5.39. The summed E-state index contributed by atoms with van der Waals surface area (Å²) in [6, 6.07) is 9.79. The Morgan fingerprint density at radius 1 is 1.21 bits per heavy atom. The number of nitrogens with zero attached hydrogens (tertiary/aromatic N) is 2. The number of carbonyl (C=O) groups is 3. The van der Waals surface area contributed by atoms with Crippen molar-refractivity contribution in [3.8, 4) is 0 Å². The van der Waals surface area contributed by atoms with E-state index in [4.69, 9.17) is 5.73 Å². The van der Waals surface area contributed by atoms with Crippen LogP contribution in [0.25, 0.3) is 0 Å². The van der Waals surface area contributed by atoms with E-state index in [0.717, 1.165) is 4.88 Å². The number of nitrogens with one attached hydrogen (secondary N) is 1. The molecule has 2 unspecified atom stereocenters. The molecule has 2 aliphatic rings. The third-order valence-electron chi connectivity index (χ3n) is 4.73. The molecular formula is C19H18N4O4S2. The number of carbonyl (C=O) groups excluding carboxylic acids is 2. The van der Waals surface area contributed by atoms with Crippen molar-refractivity contribution >= 4 is 51.6 Å². The molecule has 0 radical (unpaired) electrons. The minimum Gasteiger partial charge on any atom is -0.480 e. The van der Waals surface area contributed by atoms with Gasteiger partial charge in [-0.25, -0.2) is 9.79 Å². The zero-order valence-electron chi connectivity index (χ0n) is 15.1. The Hall–Kier alpha value is -2.69. The van der Waals surface area contributed by atoms with Gasteiger partial charge >= 0.3 is 5.97 Å². The summed E-state index contributed by atoms with van der Waals surface area (Å²) in [6.07, 6.45) is 0.172. The SMILES string of the molecule is NC1C(=Nc2ccccc2)S[C@H]2[C@H](NC(=O)Cc3cccs3)C(=O)N2C1C(=O)O. The fourth-order valence-electron chi connectivity index (χ4n) is 3.35. The van der Waals surface area contributed by atoms with Gasteiger partial charge in [-0.1, -0.05) is 36.0 Å². The van der Waals surface area contributed by atoms with Gasteiger partial charge in [0, 0.05) is 4.88 Å². The van der Waals surface area contributed by atoms with Crippen molar-refractivity contribution in [3.63, 3.8) is 0 Å². The Morgan fingerprint density at radius 2 is 1.97 bits per heavy atom. The van der Waals surface area contributed by atoms with Gasteiger partial charge in [-0.05, 0) is 23.6 Å². The van der Waals surface area contributed by atoms with Gasteiger partial charge in [0.2, 0.25) is 11.8 Å². The molecule has 2 aliphatic heterocycles. The fourth-order valence-corrected chi connectivity index (χ4v) is 5.41. The van der Waals surface area contributed by atoms with Crippen LogP contribution in [0, 0.1) is 0 Å². The van der Waals surface area contributed by atoms with E-state index in [9.17, 15) is 19.5 Å². The van der Waals surface area contributed by atoms with Crippen LogP contribution in [0.2, 0.25) is 0 Å². The third-order valence-corrected chi connectivity index (χ3v) is 6.95. The summed E-state index contributed by atoms with van der Waals surface area (Å²) < 4.78 is 0. The van der Waals surface area contributed by atoms with Crippen LogP contribution in [-0.2, 0) is 20.8 Å². The second-order valence-electron chi connectivity index (χ2n) is 6.65. The molecule has 2 amide bonds. The number of thioether (sulfide) groups is 1. The van der Waals surface area contributed by atoms with E-state index >= 15 is 0 Å². The number of thiophene rings is 1. The molecule has 2 fully saturated rings. The zero-order chi connectivity index (χ0) is 20.5. The number of benzene rings is 1. The number of nitrogens with two attached hydrogens (primary N) is 1. The summed E-state index contributed by atoms with van der Waals surface area (Å²) in [5.41, 5.74) is 6.79. The van der Waals surface area contributed by atoms with Crippen LogP contribution >= 0.6 is 23.1 Å². The molecule has 0 spiro atoms. The number of aliphatic imine (C=N–C) groups is 1. The number of β-lactam (4-membered cyclic amide) rings is 1. The van der Waals surface area contributed by atoms with Crippen molar-refractivity contribution in [1.82, 2.24) is 10.2 Å². The summed E-state index contributed by atoms with van der Waals surface area (Å²) in [7, 11) is 0. The van der Waals surface area contributed by atoms with Gasteiger partial charge in [-0.2, -0.15) is 0 Å². The average Bonchev–Trinajstić information content (AvgIpc) is 3.21. The minimum absolute atomic E-state index is 0.172. The molecule has 8 nitrogen and oxygen atoms in total. The lowest BCUT2D eigenvalue weighted by Gasteiger charge is -2.53. The maximum Gasteiger partial charge on any atom is 0.328 e. The van der Waals surface area contributed by atoms with Crippen LogP contribution < -0.4 is 11.1 Å². The highest BCUT2D eigenvalue weighted by atomic mass is 32.2. The number of hydrogen-bond donors (Lipinski definition) is 3. The summed E-state index contributed by atoms with van der Waals surface area (Å²) in [5.74, 6) is -1.92. The number of amides is 2. The number of hydrogen-bond acceptors (Lipinski definition) is 7. The Balaban J connectivity index is 1.55. The van der Waals surface area contributed by atoms with Crippen LogP contribution in [0.4, 0.5) is 5.69 Å². The van der Waals surface area contributed by atoms with Crippen LogP contribution in [0.3, 0.4) is 0 Å². The van der Waals surface area contributed by atoms with E-state index in [1.165, 1.54) is 28.0 Å². The van der Waals surface area contributed by atoms with Gasteiger partial charge in [0.05, 0.1) is 23.2 Å². The first-order chi connectivity index (χ1) is 14.0. The second kappa shape index (κ2) is 7.97. The lowest BCUT2D eigenvalue weighted by molar-refractivity contribution is -0.162. The third kappa shape index (κ3) is 3.78. The molecule has 150 valence electrons. The summed E-state index contributed by atoms with van der Waals surface area (Å²) in [4.78, 5) is 43.4. The van der Waals surface area contributed by atoms with Crippen LogP contribution in [0.1, 0.15) is 4.88 Å². The largest absolute Gasteiger partial charge is 0.480 e. The van der Waals surface area contributed by atoms with Crippen molar-refractivity contribution < 1.29 is 19.5 Å². The number of para-hydroxylation sites is 1. The minimum atomic E-state index is -1.22. The lowest BCUT2D eigenvalue weighted by Crippen LogP contribution is -2.78. The normalized spacial score (nSPS) is 27.3. The van der Waals surface area contributed by atoms with Crippen molar-refractivity contribution in [3.05, 3.63) is 52.7 Å². The van der Waals surface area contributed by atoms with Crippen LogP contribution in [0.5, 0.6) is 0 Å². The van der Waals surface area contributed by atoms with Crippen LogP contribution in [0.15, 0.2) is 52.8 Å². The molecule has 4 N–H and O–H groups in total. The number of carboxylic acids is 1. The van der Waals surface area contributed by atoms with E-state index in [1.54, 1.807) is 12.1 Å². The highest BCUT2D eigenvalue weighted by Crippen LogP contribution is 2.40. The first-order valence-corrected chi connectivity index (χ1v) is 10.6. The fraction of sp³-hybridized carbons (Fsp3) is 0.263. The maximum absolute atomic E-state index is 12.6. The van der Waals surface area contributed by atoms with Gasteiger partial charge in [0.15, 0.2) is 6.04 Å². The molecule has 1 aromatic heterocycles. The smallest absolute Gasteiger partial charge is 0.328 e. The maximum atomic E-state index is 12.6. The summed E-state index contributed by atoms with van der Waals surface area (Å²) >= 11 is 2.68. The molecule has 0 saturated carbocycles. The number of fused-ring (bicyclic) bond motifs is 1. The molecule has 4 rings (SSSR count). The van der Waals surface area contributed by atoms with Gasteiger partial charge in [-0.3, -0.25) is 9.59 Å². The van der Waals surface area contributed by atoms with Crippen molar-refractivity contribution in [2.75, 3.05) is 0 Å². The van der Waals surface area contributed by atoms with Gasteiger partial charge < -0.3 is 21.1 Å². The average molecular weight is 431 g/mol. The Labute approximate surface area is 174 Å². The second-order valence-corrected chi connectivity index (χ2v) is 8.82. The lowest BCUT2D eigenvalue weighted by atomic mass is 9.98. The van der Waals surface area contributed by atoms with E-state index < -0.39 is 35.4 Å². The van der Waals surface area contributed by atoms with E-state index in [1.807, 2.05) is 35.7 Å². The summed E-state index contributed by atoms with van der Waals surface area (Å²) in [5, 5.41) is 14.1. The molecule has 2 aromatic rings. The van der Waals surface area contributed by atoms with E-state index in [-0.39, 0.29) is 12.3 Å². The van der Waals surface area contributed by atoms with E-state index in [2.05, 4.69) is 10.3 Å². The van der Waals surface area contributed by atoms with Gasteiger partial charge in [0.1, 0.15) is 11.4 Å². The number of rotatable bonds is 5. The first kappa shape index (κ1) is 19.6.